The highest BCUT2D eigenvalue weighted by atomic mass is 35.5. The average Bonchev–Trinajstić information content (AvgIpc) is 2.87. The fourth-order valence-corrected chi connectivity index (χ4v) is 2.93. The van der Waals surface area contributed by atoms with E-state index in [0.717, 1.165) is 38.0 Å². The van der Waals surface area contributed by atoms with E-state index in [0.29, 0.717) is 5.15 Å². The Labute approximate surface area is 143 Å². The summed E-state index contributed by atoms with van der Waals surface area (Å²) in [6.07, 6.45) is 3.63. The number of amides is 1. The minimum Gasteiger partial charge on any atom is -0.444 e. The molecule has 0 aromatic carbocycles. The molecule has 0 N–H and O–H groups in total. The zero-order chi connectivity index (χ0) is 17.0. The van der Waals surface area contributed by atoms with Crippen LogP contribution in [0.15, 0.2) is 18.3 Å². The number of hydrogen-bond donors (Lipinski definition) is 0. The molecule has 2 heterocycles. The van der Waals surface area contributed by atoms with Gasteiger partial charge in [-0.3, -0.25) is 0 Å². The fourth-order valence-electron chi connectivity index (χ4n) is 2.82. The number of carbonyl (C=O) groups is 1. The smallest absolute Gasteiger partial charge is 0.410 e. The van der Waals surface area contributed by atoms with Crippen LogP contribution in [0, 0.1) is 0 Å². The van der Waals surface area contributed by atoms with E-state index in [-0.39, 0.29) is 12.1 Å². The van der Waals surface area contributed by atoms with Crippen molar-refractivity contribution in [3.05, 3.63) is 29.0 Å². The number of nitrogens with zero attached hydrogens (tertiary/aromatic N) is 3. The van der Waals surface area contributed by atoms with Gasteiger partial charge in [-0.2, -0.15) is 0 Å². The van der Waals surface area contributed by atoms with Crippen molar-refractivity contribution in [2.45, 2.75) is 51.8 Å². The van der Waals surface area contributed by atoms with E-state index in [4.69, 9.17) is 16.3 Å². The van der Waals surface area contributed by atoms with E-state index in [1.54, 1.807) is 12.3 Å². The number of carbonyl (C=O) groups excluding carboxylic acids is 1. The van der Waals surface area contributed by atoms with E-state index < -0.39 is 5.60 Å². The molecule has 23 heavy (non-hydrogen) atoms. The number of likely N-dealkylation sites (N-methyl/N-ethyl adjacent to an activating group) is 1. The maximum Gasteiger partial charge on any atom is 0.410 e. The predicted molar refractivity (Wildman–Crippen MR) is 91.5 cm³/mol. The molecule has 6 heteroatoms. The Balaban J connectivity index is 1.90. The summed E-state index contributed by atoms with van der Waals surface area (Å²) in [6.45, 7) is 8.07. The normalized spacial score (nSPS) is 18.5. The standard InChI is InChI=1S/C17H26ClN3O2/c1-17(2,3)23-16(22)21-9-5-6-14(21)12-20(4)11-13-7-8-15(18)19-10-13/h7-8,10,14H,5-6,9,11-12H2,1-4H3/t14-/m1/s1. The molecular weight excluding hydrogens is 314 g/mol. The molecule has 1 aromatic heterocycles. The summed E-state index contributed by atoms with van der Waals surface area (Å²) in [5, 5.41) is 0.503. The van der Waals surface area contributed by atoms with Gasteiger partial charge in [0, 0.05) is 31.9 Å². The second-order valence-electron chi connectivity index (χ2n) is 7.16. The van der Waals surface area contributed by atoms with Crippen LogP contribution in [0.3, 0.4) is 0 Å². The third-order valence-electron chi connectivity index (χ3n) is 3.77. The molecule has 0 unspecified atom stereocenters. The first-order valence-electron chi connectivity index (χ1n) is 8.03. The lowest BCUT2D eigenvalue weighted by Gasteiger charge is -2.31. The van der Waals surface area contributed by atoms with Gasteiger partial charge in [0.1, 0.15) is 10.8 Å². The molecule has 1 aliphatic rings. The van der Waals surface area contributed by atoms with Gasteiger partial charge in [0.25, 0.3) is 0 Å². The number of pyridine rings is 1. The molecule has 128 valence electrons. The third kappa shape index (κ3) is 5.66. The number of aromatic nitrogens is 1. The monoisotopic (exact) mass is 339 g/mol. The largest absolute Gasteiger partial charge is 0.444 e. The Kier molecular flexibility index (Phi) is 5.87. The quantitative estimate of drug-likeness (QED) is 0.787. The molecule has 0 radical (unpaired) electrons. The lowest BCUT2D eigenvalue weighted by Crippen LogP contribution is -2.44. The second-order valence-corrected chi connectivity index (χ2v) is 7.54. The van der Waals surface area contributed by atoms with Crippen LogP contribution in [0.2, 0.25) is 5.15 Å². The average molecular weight is 340 g/mol. The molecule has 0 saturated carbocycles. The number of hydrogen-bond acceptors (Lipinski definition) is 4. The minimum atomic E-state index is -0.453. The number of ether oxygens (including phenoxy) is 1. The van der Waals surface area contributed by atoms with Gasteiger partial charge in [0.15, 0.2) is 0 Å². The topological polar surface area (TPSA) is 45.7 Å². The fraction of sp³-hybridized carbons (Fsp3) is 0.647. The lowest BCUT2D eigenvalue weighted by molar-refractivity contribution is 0.0201. The summed E-state index contributed by atoms with van der Waals surface area (Å²) in [5.74, 6) is 0. The molecule has 5 nitrogen and oxygen atoms in total. The van der Waals surface area contributed by atoms with Crippen LogP contribution in [0.1, 0.15) is 39.2 Å². The zero-order valence-corrected chi connectivity index (χ0v) is 15.1. The molecule has 1 atom stereocenters. The van der Waals surface area contributed by atoms with E-state index in [9.17, 15) is 4.79 Å². The van der Waals surface area contributed by atoms with Gasteiger partial charge in [0.05, 0.1) is 0 Å². The van der Waals surface area contributed by atoms with Gasteiger partial charge in [-0.25, -0.2) is 9.78 Å². The predicted octanol–water partition coefficient (Wildman–Crippen LogP) is 3.57. The summed E-state index contributed by atoms with van der Waals surface area (Å²) < 4.78 is 5.51. The van der Waals surface area contributed by atoms with Gasteiger partial charge in [-0.05, 0) is 52.3 Å². The van der Waals surface area contributed by atoms with Crippen LogP contribution in [0.4, 0.5) is 4.79 Å². The van der Waals surface area contributed by atoms with Crippen LogP contribution in [-0.4, -0.2) is 52.7 Å². The SMILES string of the molecule is CN(Cc1ccc(Cl)nc1)C[C@H]1CCCN1C(=O)OC(C)(C)C. The summed E-state index contributed by atoms with van der Waals surface area (Å²) in [6, 6.07) is 3.98. The summed E-state index contributed by atoms with van der Waals surface area (Å²) in [7, 11) is 2.06. The Hall–Kier alpha value is -1.33. The zero-order valence-electron chi connectivity index (χ0n) is 14.4. The van der Waals surface area contributed by atoms with Crippen molar-refractivity contribution in [2.75, 3.05) is 20.1 Å². The van der Waals surface area contributed by atoms with Gasteiger partial charge in [-0.1, -0.05) is 17.7 Å². The number of rotatable bonds is 4. The molecule has 2 rings (SSSR count). The first-order chi connectivity index (χ1) is 10.7. The van der Waals surface area contributed by atoms with Crippen molar-refractivity contribution in [1.82, 2.24) is 14.8 Å². The molecule has 1 aromatic rings. The lowest BCUT2D eigenvalue weighted by atomic mass is 10.2. The summed E-state index contributed by atoms with van der Waals surface area (Å²) >= 11 is 5.81. The maximum absolute atomic E-state index is 12.3. The Morgan fingerprint density at radius 1 is 1.48 bits per heavy atom. The van der Waals surface area contributed by atoms with Gasteiger partial charge in [0.2, 0.25) is 0 Å². The van der Waals surface area contributed by atoms with Gasteiger partial charge >= 0.3 is 6.09 Å². The minimum absolute atomic E-state index is 0.204. The maximum atomic E-state index is 12.3. The highest BCUT2D eigenvalue weighted by molar-refractivity contribution is 6.29. The van der Waals surface area contributed by atoms with E-state index in [1.165, 1.54) is 0 Å². The number of likely N-dealkylation sites (tertiary alicyclic amines) is 1. The first kappa shape index (κ1) is 18.0. The summed E-state index contributed by atoms with van der Waals surface area (Å²) in [4.78, 5) is 20.5. The Bertz CT molecular complexity index is 528. The third-order valence-corrected chi connectivity index (χ3v) is 3.99. The van der Waals surface area contributed by atoms with Crippen LogP contribution < -0.4 is 0 Å². The van der Waals surface area contributed by atoms with Crippen LogP contribution >= 0.6 is 11.6 Å². The number of halogens is 1. The highest BCUT2D eigenvalue weighted by Gasteiger charge is 2.32. The molecule has 1 saturated heterocycles. The molecule has 0 spiro atoms. The summed E-state index contributed by atoms with van der Waals surface area (Å²) in [5.41, 5.74) is 0.657. The van der Waals surface area contributed by atoms with Crippen LogP contribution in [-0.2, 0) is 11.3 Å². The van der Waals surface area contributed by atoms with E-state index in [1.807, 2.05) is 31.7 Å². The molecule has 1 aliphatic heterocycles. The van der Waals surface area contributed by atoms with Crippen molar-refractivity contribution in [1.29, 1.82) is 0 Å². The van der Waals surface area contributed by atoms with Gasteiger partial charge in [-0.15, -0.1) is 0 Å². The van der Waals surface area contributed by atoms with Crippen molar-refractivity contribution < 1.29 is 9.53 Å². The highest BCUT2D eigenvalue weighted by Crippen LogP contribution is 2.22. The van der Waals surface area contributed by atoms with Crippen molar-refractivity contribution >= 4 is 17.7 Å². The van der Waals surface area contributed by atoms with Crippen LogP contribution in [0.5, 0.6) is 0 Å². The molecule has 0 aliphatic carbocycles. The van der Waals surface area contributed by atoms with E-state index in [2.05, 4.69) is 16.9 Å². The van der Waals surface area contributed by atoms with E-state index >= 15 is 0 Å². The first-order valence-corrected chi connectivity index (χ1v) is 8.41. The Morgan fingerprint density at radius 3 is 2.83 bits per heavy atom. The second kappa shape index (κ2) is 7.49. The Morgan fingerprint density at radius 2 is 2.22 bits per heavy atom. The van der Waals surface area contributed by atoms with Crippen molar-refractivity contribution in [3.8, 4) is 0 Å². The van der Waals surface area contributed by atoms with Gasteiger partial charge < -0.3 is 14.5 Å². The van der Waals surface area contributed by atoms with Crippen molar-refractivity contribution in [3.63, 3.8) is 0 Å². The van der Waals surface area contributed by atoms with Crippen LogP contribution in [0.25, 0.3) is 0 Å². The molecule has 1 fully saturated rings. The molecule has 0 bridgehead atoms. The van der Waals surface area contributed by atoms with Crippen molar-refractivity contribution in [2.24, 2.45) is 0 Å². The molecular formula is C17H26ClN3O2. The molecule has 1 amide bonds.